The van der Waals surface area contributed by atoms with E-state index in [0.29, 0.717) is 29.8 Å². The van der Waals surface area contributed by atoms with Crippen LogP contribution in [0.25, 0.3) is 0 Å². The summed E-state index contributed by atoms with van der Waals surface area (Å²) in [5.74, 6) is -0.690. The van der Waals surface area contributed by atoms with Gasteiger partial charge in [0, 0.05) is 25.2 Å². The fourth-order valence-corrected chi connectivity index (χ4v) is 4.73. The Balaban J connectivity index is 1.70. The number of nitrogens with one attached hydrogen (secondary N) is 1. The first-order chi connectivity index (χ1) is 12.9. The first kappa shape index (κ1) is 19.5. The number of aryl methyl sites for hydroxylation is 1. The number of hydrogen-bond acceptors (Lipinski definition) is 3. The van der Waals surface area contributed by atoms with Crippen LogP contribution < -0.4 is 5.32 Å². The second kappa shape index (κ2) is 8.19. The highest BCUT2D eigenvalue weighted by Crippen LogP contribution is 2.21. The lowest BCUT2D eigenvalue weighted by Gasteiger charge is -2.26. The van der Waals surface area contributed by atoms with Gasteiger partial charge < -0.3 is 5.32 Å². The number of carbonyl (C=O) groups excluding carboxylic acids is 1. The van der Waals surface area contributed by atoms with Crippen molar-refractivity contribution in [3.8, 4) is 0 Å². The van der Waals surface area contributed by atoms with Crippen LogP contribution in [0.5, 0.6) is 0 Å². The standard InChI is InChI=1S/C20H23FN2O3S/c1-15-12-17(8-9-19(15)21)20(24)22-14-16-6-5-7-18(13-16)27(25,26)23-10-3-2-4-11-23/h5-9,12-13H,2-4,10-11,14H2,1H3,(H,22,24). The Labute approximate surface area is 159 Å². The first-order valence-corrected chi connectivity index (χ1v) is 10.5. The molecule has 0 atom stereocenters. The number of piperidine rings is 1. The highest BCUT2D eigenvalue weighted by Gasteiger charge is 2.25. The number of hydrogen-bond donors (Lipinski definition) is 1. The summed E-state index contributed by atoms with van der Waals surface area (Å²) in [4.78, 5) is 12.5. The van der Waals surface area contributed by atoms with Gasteiger partial charge >= 0.3 is 0 Å². The maximum absolute atomic E-state index is 13.3. The summed E-state index contributed by atoms with van der Waals surface area (Å²) in [5, 5.41) is 2.75. The molecule has 1 saturated heterocycles. The topological polar surface area (TPSA) is 66.5 Å². The van der Waals surface area contributed by atoms with Crippen LogP contribution in [-0.4, -0.2) is 31.7 Å². The maximum Gasteiger partial charge on any atom is 0.251 e. The normalized spacial score (nSPS) is 15.5. The highest BCUT2D eigenvalue weighted by molar-refractivity contribution is 7.89. The van der Waals surface area contributed by atoms with Crippen LogP contribution in [0.2, 0.25) is 0 Å². The Bertz CT molecular complexity index is 938. The molecule has 144 valence electrons. The minimum Gasteiger partial charge on any atom is -0.348 e. The van der Waals surface area contributed by atoms with E-state index >= 15 is 0 Å². The van der Waals surface area contributed by atoms with Gasteiger partial charge in [-0.15, -0.1) is 0 Å². The van der Waals surface area contributed by atoms with Crippen LogP contribution in [0.4, 0.5) is 4.39 Å². The van der Waals surface area contributed by atoms with Crippen molar-refractivity contribution in [1.82, 2.24) is 9.62 Å². The van der Waals surface area contributed by atoms with Crippen molar-refractivity contribution in [3.63, 3.8) is 0 Å². The van der Waals surface area contributed by atoms with Crippen molar-refractivity contribution in [3.05, 3.63) is 65.0 Å². The van der Waals surface area contributed by atoms with Crippen LogP contribution in [0.15, 0.2) is 47.4 Å². The zero-order chi connectivity index (χ0) is 19.4. The second-order valence-corrected chi connectivity index (χ2v) is 8.70. The molecule has 1 fully saturated rings. The van der Waals surface area contributed by atoms with Crippen molar-refractivity contribution in [2.45, 2.75) is 37.6 Å². The molecule has 0 radical (unpaired) electrons. The lowest BCUT2D eigenvalue weighted by atomic mass is 10.1. The number of carbonyl (C=O) groups is 1. The lowest BCUT2D eigenvalue weighted by Crippen LogP contribution is -2.35. The van der Waals surface area contributed by atoms with E-state index in [1.54, 1.807) is 31.2 Å². The molecule has 5 nitrogen and oxygen atoms in total. The lowest BCUT2D eigenvalue weighted by molar-refractivity contribution is 0.0950. The molecule has 1 heterocycles. The third-order valence-corrected chi connectivity index (χ3v) is 6.62. The zero-order valence-corrected chi connectivity index (χ0v) is 16.1. The van der Waals surface area contributed by atoms with Crippen molar-refractivity contribution < 1.29 is 17.6 Å². The molecule has 1 amide bonds. The van der Waals surface area contributed by atoms with Crippen LogP contribution in [0, 0.1) is 12.7 Å². The van der Waals surface area contributed by atoms with Gasteiger partial charge in [0.2, 0.25) is 10.0 Å². The predicted octanol–water partition coefficient (Wildman–Crippen LogP) is 3.24. The quantitative estimate of drug-likeness (QED) is 0.852. The predicted molar refractivity (Wildman–Crippen MR) is 101 cm³/mol. The molecular formula is C20H23FN2O3S. The maximum atomic E-state index is 13.3. The van der Waals surface area contributed by atoms with Gasteiger partial charge in [0.25, 0.3) is 5.91 Å². The SMILES string of the molecule is Cc1cc(C(=O)NCc2cccc(S(=O)(=O)N3CCCCC3)c2)ccc1F. The molecule has 1 N–H and O–H groups in total. The fraction of sp³-hybridized carbons (Fsp3) is 0.350. The van der Waals surface area contributed by atoms with E-state index in [2.05, 4.69) is 5.32 Å². The van der Waals surface area contributed by atoms with Crippen molar-refractivity contribution >= 4 is 15.9 Å². The minimum atomic E-state index is -3.51. The molecule has 3 rings (SSSR count). The molecule has 0 spiro atoms. The summed E-state index contributed by atoms with van der Waals surface area (Å²) in [6.07, 6.45) is 2.82. The Kier molecular flexibility index (Phi) is 5.92. The van der Waals surface area contributed by atoms with Gasteiger partial charge in [0.15, 0.2) is 0 Å². The van der Waals surface area contributed by atoms with E-state index in [1.165, 1.54) is 22.5 Å². The van der Waals surface area contributed by atoms with Gasteiger partial charge in [-0.1, -0.05) is 18.6 Å². The van der Waals surface area contributed by atoms with E-state index in [1.807, 2.05) is 0 Å². The molecule has 0 unspecified atom stereocenters. The van der Waals surface area contributed by atoms with Gasteiger partial charge in [0.05, 0.1) is 4.90 Å². The summed E-state index contributed by atoms with van der Waals surface area (Å²) < 4.78 is 40.4. The molecular weight excluding hydrogens is 367 g/mol. The van der Waals surface area contributed by atoms with E-state index < -0.39 is 10.0 Å². The highest BCUT2D eigenvalue weighted by atomic mass is 32.2. The van der Waals surface area contributed by atoms with E-state index in [-0.39, 0.29) is 23.2 Å². The molecule has 27 heavy (non-hydrogen) atoms. The largest absolute Gasteiger partial charge is 0.348 e. The number of amides is 1. The molecule has 0 aromatic heterocycles. The van der Waals surface area contributed by atoms with Crippen LogP contribution in [0.3, 0.4) is 0 Å². The zero-order valence-electron chi connectivity index (χ0n) is 15.2. The van der Waals surface area contributed by atoms with Crippen molar-refractivity contribution in [2.24, 2.45) is 0 Å². The minimum absolute atomic E-state index is 0.193. The third-order valence-electron chi connectivity index (χ3n) is 4.72. The average molecular weight is 390 g/mol. The molecule has 1 aliphatic rings. The Hall–Kier alpha value is -2.25. The molecule has 2 aromatic rings. The Morgan fingerprint density at radius 1 is 1.11 bits per heavy atom. The Morgan fingerprint density at radius 3 is 2.56 bits per heavy atom. The second-order valence-electron chi connectivity index (χ2n) is 6.76. The van der Waals surface area contributed by atoms with Gasteiger partial charge in [-0.2, -0.15) is 4.31 Å². The smallest absolute Gasteiger partial charge is 0.251 e. The van der Waals surface area contributed by atoms with Gasteiger partial charge in [-0.05, 0) is 61.2 Å². The fourth-order valence-electron chi connectivity index (χ4n) is 3.14. The van der Waals surface area contributed by atoms with E-state index in [0.717, 1.165) is 19.3 Å². The van der Waals surface area contributed by atoms with Gasteiger partial charge in [-0.25, -0.2) is 12.8 Å². The monoisotopic (exact) mass is 390 g/mol. The molecule has 0 saturated carbocycles. The number of sulfonamides is 1. The average Bonchev–Trinajstić information content (AvgIpc) is 2.69. The molecule has 7 heteroatoms. The Morgan fingerprint density at radius 2 is 1.85 bits per heavy atom. The first-order valence-electron chi connectivity index (χ1n) is 9.01. The van der Waals surface area contributed by atoms with E-state index in [4.69, 9.17) is 0 Å². The summed E-state index contributed by atoms with van der Waals surface area (Å²) in [6, 6.07) is 10.8. The summed E-state index contributed by atoms with van der Waals surface area (Å²) in [5.41, 5.74) is 1.46. The molecule has 0 bridgehead atoms. The number of nitrogens with zero attached hydrogens (tertiary/aromatic N) is 1. The molecule has 2 aromatic carbocycles. The van der Waals surface area contributed by atoms with Gasteiger partial charge in [-0.3, -0.25) is 4.79 Å². The third kappa shape index (κ3) is 4.54. The number of benzene rings is 2. The van der Waals surface area contributed by atoms with Crippen LogP contribution in [-0.2, 0) is 16.6 Å². The van der Waals surface area contributed by atoms with Crippen LogP contribution >= 0.6 is 0 Å². The number of rotatable bonds is 5. The summed E-state index contributed by atoms with van der Waals surface area (Å²) in [6.45, 7) is 2.89. The van der Waals surface area contributed by atoms with Crippen molar-refractivity contribution in [2.75, 3.05) is 13.1 Å². The number of halogens is 1. The summed E-state index contributed by atoms with van der Waals surface area (Å²) in [7, 11) is -3.51. The van der Waals surface area contributed by atoms with Crippen molar-refractivity contribution in [1.29, 1.82) is 0 Å². The van der Waals surface area contributed by atoms with E-state index in [9.17, 15) is 17.6 Å². The molecule has 1 aliphatic heterocycles. The summed E-state index contributed by atoms with van der Waals surface area (Å²) >= 11 is 0. The molecule has 0 aliphatic carbocycles. The van der Waals surface area contributed by atoms with Gasteiger partial charge in [0.1, 0.15) is 5.82 Å². The van der Waals surface area contributed by atoms with Crippen LogP contribution in [0.1, 0.15) is 40.7 Å².